The van der Waals surface area contributed by atoms with Crippen LogP contribution in [-0.2, 0) is 13.2 Å². The van der Waals surface area contributed by atoms with E-state index in [1.807, 2.05) is 49.4 Å². The Morgan fingerprint density at radius 2 is 1.97 bits per heavy atom. The molecule has 0 aliphatic heterocycles. The molecule has 0 aliphatic carbocycles. The minimum absolute atomic E-state index is 0.211. The van der Waals surface area contributed by atoms with Crippen LogP contribution in [0.15, 0.2) is 65.3 Å². The van der Waals surface area contributed by atoms with Crippen molar-refractivity contribution in [2.24, 2.45) is 0 Å². The zero-order chi connectivity index (χ0) is 21.3. The molecule has 0 unspecified atom stereocenters. The lowest BCUT2D eigenvalue weighted by Crippen LogP contribution is -2.23. The maximum atomic E-state index is 12.6. The first-order chi connectivity index (χ1) is 14.6. The topological polar surface area (TPSA) is 69.7 Å². The largest absolute Gasteiger partial charge is 0.493 e. The molecule has 3 aromatic rings. The number of ether oxygens (including phenoxy) is 3. The van der Waals surface area contributed by atoms with Gasteiger partial charge in [-0.25, -0.2) is 0 Å². The minimum atomic E-state index is -0.211. The van der Waals surface area contributed by atoms with Crippen LogP contribution in [0.5, 0.6) is 17.2 Å². The molecule has 0 saturated carbocycles. The Kier molecular flexibility index (Phi) is 7.68. The van der Waals surface area contributed by atoms with Gasteiger partial charge in [0.2, 0.25) is 0 Å². The van der Waals surface area contributed by atoms with Gasteiger partial charge in [-0.1, -0.05) is 18.2 Å². The van der Waals surface area contributed by atoms with Gasteiger partial charge in [-0.2, -0.15) is 0 Å². The Balaban J connectivity index is 1.62. The van der Waals surface area contributed by atoms with Gasteiger partial charge in [0.1, 0.15) is 12.4 Å². The Morgan fingerprint density at radius 1 is 1.10 bits per heavy atom. The number of nitrogens with zero attached hydrogens (tertiary/aromatic N) is 1. The number of amides is 1. The average molecular weight is 471 g/mol. The summed E-state index contributed by atoms with van der Waals surface area (Å²) in [5.41, 5.74) is 2.26. The van der Waals surface area contributed by atoms with Gasteiger partial charge in [-0.3, -0.25) is 9.78 Å². The van der Waals surface area contributed by atoms with E-state index in [1.54, 1.807) is 25.4 Å². The Bertz CT molecular complexity index is 996. The fourth-order valence-corrected chi connectivity index (χ4v) is 3.36. The second-order valence-electron chi connectivity index (χ2n) is 6.36. The highest BCUT2D eigenvalue weighted by Gasteiger charge is 2.15. The molecule has 7 heteroatoms. The Hall–Kier alpha value is -3.06. The van der Waals surface area contributed by atoms with Gasteiger partial charge in [0.15, 0.2) is 11.5 Å². The summed E-state index contributed by atoms with van der Waals surface area (Å²) in [5, 5.41) is 2.92. The first-order valence-corrected chi connectivity index (χ1v) is 10.3. The fraction of sp³-hybridized carbons (Fsp3) is 0.217. The highest BCUT2D eigenvalue weighted by Crippen LogP contribution is 2.36. The lowest BCUT2D eigenvalue weighted by molar-refractivity contribution is 0.0950. The van der Waals surface area contributed by atoms with E-state index in [9.17, 15) is 4.79 Å². The van der Waals surface area contributed by atoms with E-state index < -0.39 is 0 Å². The molecule has 6 nitrogen and oxygen atoms in total. The molecule has 0 bridgehead atoms. The summed E-state index contributed by atoms with van der Waals surface area (Å²) in [6.07, 6.45) is 1.74. The number of carbonyl (C=O) groups excluding carboxylic acids is 1. The highest BCUT2D eigenvalue weighted by molar-refractivity contribution is 9.10. The minimum Gasteiger partial charge on any atom is -0.493 e. The van der Waals surface area contributed by atoms with Gasteiger partial charge in [-0.15, -0.1) is 0 Å². The quantitative estimate of drug-likeness (QED) is 0.488. The SMILES string of the molecule is CCOc1c(Br)cc(C(=O)NCc2cccc(OCc3ccccn3)c2)cc1OC. The highest BCUT2D eigenvalue weighted by atomic mass is 79.9. The van der Waals surface area contributed by atoms with Crippen molar-refractivity contribution in [1.29, 1.82) is 0 Å². The maximum Gasteiger partial charge on any atom is 0.251 e. The number of benzene rings is 2. The second-order valence-corrected chi connectivity index (χ2v) is 7.22. The van der Waals surface area contributed by atoms with E-state index in [2.05, 4.69) is 26.2 Å². The van der Waals surface area contributed by atoms with Gasteiger partial charge >= 0.3 is 0 Å². The van der Waals surface area contributed by atoms with Gasteiger partial charge < -0.3 is 19.5 Å². The third-order valence-electron chi connectivity index (χ3n) is 4.24. The van der Waals surface area contributed by atoms with Crippen LogP contribution >= 0.6 is 15.9 Å². The molecule has 0 radical (unpaired) electrons. The summed E-state index contributed by atoms with van der Waals surface area (Å²) in [5.74, 6) is 1.59. The number of hydrogen-bond donors (Lipinski definition) is 1. The number of aromatic nitrogens is 1. The molecular formula is C23H23BrN2O4. The predicted octanol–water partition coefficient (Wildman–Crippen LogP) is 4.76. The number of methoxy groups -OCH3 is 1. The van der Waals surface area contributed by atoms with Gasteiger partial charge in [-0.05, 0) is 64.8 Å². The monoisotopic (exact) mass is 470 g/mol. The molecule has 1 aromatic heterocycles. The van der Waals surface area contributed by atoms with E-state index in [0.717, 1.165) is 17.0 Å². The number of hydrogen-bond acceptors (Lipinski definition) is 5. The van der Waals surface area contributed by atoms with E-state index in [-0.39, 0.29) is 5.91 Å². The molecule has 0 fully saturated rings. The van der Waals surface area contributed by atoms with Crippen LogP contribution in [0.3, 0.4) is 0 Å². The average Bonchev–Trinajstić information content (AvgIpc) is 2.78. The lowest BCUT2D eigenvalue weighted by atomic mass is 10.1. The lowest BCUT2D eigenvalue weighted by Gasteiger charge is -2.13. The molecular weight excluding hydrogens is 448 g/mol. The Labute approximate surface area is 184 Å². The molecule has 2 aromatic carbocycles. The van der Waals surface area contributed by atoms with E-state index in [1.165, 1.54) is 0 Å². The molecule has 1 heterocycles. The summed E-state index contributed by atoms with van der Waals surface area (Å²) in [6, 6.07) is 16.7. The van der Waals surface area contributed by atoms with Crippen molar-refractivity contribution in [1.82, 2.24) is 10.3 Å². The van der Waals surface area contributed by atoms with E-state index in [0.29, 0.717) is 41.3 Å². The first kappa shape index (κ1) is 21.6. The van der Waals surface area contributed by atoms with Crippen molar-refractivity contribution in [3.05, 3.63) is 82.1 Å². The molecule has 1 amide bonds. The first-order valence-electron chi connectivity index (χ1n) is 9.51. The smallest absolute Gasteiger partial charge is 0.251 e. The number of halogens is 1. The molecule has 156 valence electrons. The van der Waals surface area contributed by atoms with Crippen LogP contribution in [0.1, 0.15) is 28.5 Å². The summed E-state index contributed by atoms with van der Waals surface area (Å²) in [6.45, 7) is 3.14. The second kappa shape index (κ2) is 10.6. The zero-order valence-electron chi connectivity index (χ0n) is 16.9. The van der Waals surface area contributed by atoms with Crippen molar-refractivity contribution in [2.45, 2.75) is 20.1 Å². The molecule has 0 atom stereocenters. The number of rotatable bonds is 9. The number of carbonyl (C=O) groups is 1. The van der Waals surface area contributed by atoms with Crippen molar-refractivity contribution >= 4 is 21.8 Å². The maximum absolute atomic E-state index is 12.6. The van der Waals surface area contributed by atoms with Crippen LogP contribution in [-0.4, -0.2) is 24.6 Å². The third kappa shape index (κ3) is 5.73. The number of pyridine rings is 1. The fourth-order valence-electron chi connectivity index (χ4n) is 2.81. The standard InChI is InChI=1S/C23H23BrN2O4/c1-3-29-22-20(24)12-17(13-21(22)28-2)23(27)26-14-16-7-6-9-19(11-16)30-15-18-8-4-5-10-25-18/h4-13H,3,14-15H2,1-2H3,(H,26,27). The number of nitrogens with one attached hydrogen (secondary N) is 1. The van der Waals surface area contributed by atoms with Crippen molar-refractivity contribution < 1.29 is 19.0 Å². The third-order valence-corrected chi connectivity index (χ3v) is 4.83. The van der Waals surface area contributed by atoms with Gasteiger partial charge in [0.05, 0.1) is 23.9 Å². The van der Waals surface area contributed by atoms with Gasteiger partial charge in [0.25, 0.3) is 5.91 Å². The van der Waals surface area contributed by atoms with Crippen molar-refractivity contribution in [3.63, 3.8) is 0 Å². The van der Waals surface area contributed by atoms with Crippen LogP contribution in [0, 0.1) is 0 Å². The van der Waals surface area contributed by atoms with Crippen LogP contribution in [0.2, 0.25) is 0 Å². The molecule has 0 saturated heterocycles. The molecule has 0 aliphatic rings. The van der Waals surface area contributed by atoms with Crippen LogP contribution in [0.25, 0.3) is 0 Å². The summed E-state index contributed by atoms with van der Waals surface area (Å²) < 4.78 is 17.4. The molecule has 30 heavy (non-hydrogen) atoms. The normalized spacial score (nSPS) is 10.4. The zero-order valence-corrected chi connectivity index (χ0v) is 18.4. The molecule has 1 N–H and O–H groups in total. The van der Waals surface area contributed by atoms with E-state index in [4.69, 9.17) is 14.2 Å². The van der Waals surface area contributed by atoms with Crippen molar-refractivity contribution in [2.75, 3.05) is 13.7 Å². The Morgan fingerprint density at radius 3 is 2.70 bits per heavy atom. The summed E-state index contributed by atoms with van der Waals surface area (Å²) in [7, 11) is 1.54. The van der Waals surface area contributed by atoms with Gasteiger partial charge in [0, 0.05) is 18.3 Å². The van der Waals surface area contributed by atoms with Crippen LogP contribution < -0.4 is 19.5 Å². The van der Waals surface area contributed by atoms with Crippen molar-refractivity contribution in [3.8, 4) is 17.2 Å². The van der Waals surface area contributed by atoms with E-state index >= 15 is 0 Å². The van der Waals surface area contributed by atoms with Crippen LogP contribution in [0.4, 0.5) is 0 Å². The summed E-state index contributed by atoms with van der Waals surface area (Å²) in [4.78, 5) is 16.9. The predicted molar refractivity (Wildman–Crippen MR) is 118 cm³/mol. The molecule has 3 rings (SSSR count). The molecule has 0 spiro atoms. The summed E-state index contributed by atoms with van der Waals surface area (Å²) >= 11 is 3.44.